The van der Waals surface area contributed by atoms with Crippen molar-refractivity contribution in [3.05, 3.63) is 60.0 Å². The lowest BCUT2D eigenvalue weighted by Gasteiger charge is -2.09. The number of benzene rings is 1. The van der Waals surface area contributed by atoms with Crippen LogP contribution < -0.4 is 10.6 Å². The minimum atomic E-state index is -0.0909. The monoisotopic (exact) mass is 361 g/mol. The van der Waals surface area contributed by atoms with Gasteiger partial charge in [-0.2, -0.15) is 0 Å². The molecule has 0 bridgehead atoms. The molecule has 1 fully saturated rings. The van der Waals surface area contributed by atoms with Crippen LogP contribution in [0.3, 0.4) is 0 Å². The fourth-order valence-corrected chi connectivity index (χ4v) is 3.32. The molecule has 2 aromatic heterocycles. The summed E-state index contributed by atoms with van der Waals surface area (Å²) in [5.74, 6) is 0.748. The lowest BCUT2D eigenvalue weighted by atomic mass is 10.1. The fourth-order valence-electron chi connectivity index (χ4n) is 3.32. The molecule has 1 aliphatic heterocycles. The second-order valence-electron chi connectivity index (χ2n) is 6.85. The van der Waals surface area contributed by atoms with Gasteiger partial charge in [0.15, 0.2) is 0 Å². The van der Waals surface area contributed by atoms with E-state index < -0.39 is 0 Å². The van der Waals surface area contributed by atoms with Gasteiger partial charge in [0, 0.05) is 11.8 Å². The number of aromatic nitrogens is 3. The second kappa shape index (κ2) is 7.72. The Balaban J connectivity index is 1.61. The number of aromatic amines is 1. The predicted molar refractivity (Wildman–Crippen MR) is 105 cm³/mol. The van der Waals surface area contributed by atoms with Gasteiger partial charge in [-0.25, -0.2) is 4.98 Å². The number of hydrogen-bond donors (Lipinski definition) is 3. The SMILES string of the molecule is Cc1ccc(-c2nc(CNC(=O)[C@@H]3CCCN3)[nH]c2-c2ccccn2)cc1. The van der Waals surface area contributed by atoms with E-state index in [0.29, 0.717) is 6.54 Å². The molecule has 3 heterocycles. The number of aryl methyl sites for hydroxylation is 1. The van der Waals surface area contributed by atoms with E-state index >= 15 is 0 Å². The van der Waals surface area contributed by atoms with Crippen molar-refractivity contribution < 1.29 is 4.79 Å². The Kier molecular flexibility index (Phi) is 4.98. The van der Waals surface area contributed by atoms with Crippen molar-refractivity contribution >= 4 is 5.91 Å². The van der Waals surface area contributed by atoms with Crippen molar-refractivity contribution in [2.24, 2.45) is 0 Å². The van der Waals surface area contributed by atoms with Crippen LogP contribution in [0, 0.1) is 6.92 Å². The van der Waals surface area contributed by atoms with Gasteiger partial charge in [0.25, 0.3) is 0 Å². The smallest absolute Gasteiger partial charge is 0.237 e. The first-order valence-corrected chi connectivity index (χ1v) is 9.29. The highest BCUT2D eigenvalue weighted by molar-refractivity contribution is 5.82. The molecule has 0 radical (unpaired) electrons. The topological polar surface area (TPSA) is 82.7 Å². The van der Waals surface area contributed by atoms with E-state index in [4.69, 9.17) is 4.98 Å². The molecule has 1 amide bonds. The number of nitrogens with one attached hydrogen (secondary N) is 3. The molecule has 6 nitrogen and oxygen atoms in total. The number of hydrogen-bond acceptors (Lipinski definition) is 4. The van der Waals surface area contributed by atoms with E-state index in [9.17, 15) is 4.79 Å². The van der Waals surface area contributed by atoms with E-state index in [1.807, 2.05) is 18.2 Å². The summed E-state index contributed by atoms with van der Waals surface area (Å²) in [5, 5.41) is 6.19. The zero-order valence-electron chi connectivity index (χ0n) is 15.3. The van der Waals surface area contributed by atoms with Crippen molar-refractivity contribution in [1.82, 2.24) is 25.6 Å². The van der Waals surface area contributed by atoms with Crippen LogP contribution in [0.1, 0.15) is 24.2 Å². The van der Waals surface area contributed by atoms with E-state index in [1.54, 1.807) is 6.20 Å². The van der Waals surface area contributed by atoms with Crippen molar-refractivity contribution in [2.75, 3.05) is 6.54 Å². The lowest BCUT2D eigenvalue weighted by molar-refractivity contribution is -0.122. The van der Waals surface area contributed by atoms with Crippen molar-refractivity contribution in [3.63, 3.8) is 0 Å². The molecular weight excluding hydrogens is 338 g/mol. The van der Waals surface area contributed by atoms with Gasteiger partial charge in [0.1, 0.15) is 5.82 Å². The van der Waals surface area contributed by atoms with Gasteiger partial charge in [-0.05, 0) is 38.4 Å². The Labute approximate surface area is 158 Å². The Bertz CT molecular complexity index is 912. The maximum absolute atomic E-state index is 12.3. The Hall–Kier alpha value is -2.99. The van der Waals surface area contributed by atoms with E-state index in [1.165, 1.54) is 5.56 Å². The van der Waals surface area contributed by atoms with Crippen LogP contribution in [0.5, 0.6) is 0 Å². The minimum Gasteiger partial charge on any atom is -0.348 e. The summed E-state index contributed by atoms with van der Waals surface area (Å²) in [7, 11) is 0. The summed E-state index contributed by atoms with van der Waals surface area (Å²) in [4.78, 5) is 24.8. The van der Waals surface area contributed by atoms with Crippen LogP contribution in [0.25, 0.3) is 22.6 Å². The first-order valence-electron chi connectivity index (χ1n) is 9.29. The highest BCUT2D eigenvalue weighted by atomic mass is 16.2. The van der Waals surface area contributed by atoms with E-state index in [2.05, 4.69) is 51.8 Å². The van der Waals surface area contributed by atoms with Crippen LogP contribution in [0.4, 0.5) is 0 Å². The van der Waals surface area contributed by atoms with E-state index in [-0.39, 0.29) is 11.9 Å². The number of amides is 1. The molecule has 1 saturated heterocycles. The van der Waals surface area contributed by atoms with Crippen molar-refractivity contribution in [3.8, 4) is 22.6 Å². The summed E-state index contributed by atoms with van der Waals surface area (Å²) in [5.41, 5.74) is 4.76. The average molecular weight is 361 g/mol. The van der Waals surface area contributed by atoms with Gasteiger partial charge in [-0.15, -0.1) is 0 Å². The summed E-state index contributed by atoms with van der Waals surface area (Å²) in [6.45, 7) is 3.33. The molecule has 3 aromatic rings. The van der Waals surface area contributed by atoms with Gasteiger partial charge in [0.05, 0.1) is 29.7 Å². The maximum Gasteiger partial charge on any atom is 0.237 e. The van der Waals surface area contributed by atoms with Gasteiger partial charge >= 0.3 is 0 Å². The number of rotatable bonds is 5. The van der Waals surface area contributed by atoms with Crippen LogP contribution in [0.15, 0.2) is 48.7 Å². The zero-order chi connectivity index (χ0) is 18.6. The number of imidazole rings is 1. The first kappa shape index (κ1) is 17.4. The fraction of sp³-hybridized carbons (Fsp3) is 0.286. The summed E-state index contributed by atoms with van der Waals surface area (Å²) < 4.78 is 0. The van der Waals surface area contributed by atoms with Crippen LogP contribution >= 0.6 is 0 Å². The molecule has 1 aliphatic rings. The molecular formula is C21H23N5O. The molecule has 4 rings (SSSR count). The predicted octanol–water partition coefficient (Wildman–Crippen LogP) is 2.82. The van der Waals surface area contributed by atoms with Gasteiger partial charge in [-0.3, -0.25) is 9.78 Å². The first-order chi connectivity index (χ1) is 13.2. The maximum atomic E-state index is 12.3. The summed E-state index contributed by atoms with van der Waals surface area (Å²) >= 11 is 0. The molecule has 0 unspecified atom stereocenters. The lowest BCUT2D eigenvalue weighted by Crippen LogP contribution is -2.40. The third-order valence-electron chi connectivity index (χ3n) is 4.81. The van der Waals surface area contributed by atoms with Crippen LogP contribution in [0.2, 0.25) is 0 Å². The van der Waals surface area contributed by atoms with Crippen molar-refractivity contribution in [1.29, 1.82) is 0 Å². The van der Waals surface area contributed by atoms with E-state index in [0.717, 1.165) is 47.9 Å². The largest absolute Gasteiger partial charge is 0.348 e. The second-order valence-corrected chi connectivity index (χ2v) is 6.85. The molecule has 0 aliphatic carbocycles. The molecule has 0 saturated carbocycles. The van der Waals surface area contributed by atoms with Gasteiger partial charge in [-0.1, -0.05) is 35.9 Å². The highest BCUT2D eigenvalue weighted by Gasteiger charge is 2.22. The number of carbonyl (C=O) groups excluding carboxylic acids is 1. The number of pyridine rings is 1. The number of H-pyrrole nitrogens is 1. The molecule has 1 aromatic carbocycles. The molecule has 27 heavy (non-hydrogen) atoms. The normalized spacial score (nSPS) is 16.4. The van der Waals surface area contributed by atoms with Gasteiger partial charge < -0.3 is 15.6 Å². The van der Waals surface area contributed by atoms with Crippen LogP contribution in [-0.4, -0.2) is 33.4 Å². The minimum absolute atomic E-state index is 0.0279. The Morgan fingerprint density at radius 3 is 2.78 bits per heavy atom. The summed E-state index contributed by atoms with van der Waals surface area (Å²) in [6, 6.07) is 14.0. The molecule has 3 N–H and O–H groups in total. The standard InChI is InChI=1S/C21H23N5O/c1-14-7-9-15(10-8-14)19-20(16-5-2-3-11-22-16)26-18(25-19)13-24-21(27)17-6-4-12-23-17/h2-3,5,7-11,17,23H,4,6,12-13H2,1H3,(H,24,27)(H,25,26)/t17-/m0/s1. The third kappa shape index (κ3) is 3.90. The number of carbonyl (C=O) groups is 1. The highest BCUT2D eigenvalue weighted by Crippen LogP contribution is 2.29. The summed E-state index contributed by atoms with van der Waals surface area (Å²) in [6.07, 6.45) is 3.69. The molecule has 138 valence electrons. The Morgan fingerprint density at radius 2 is 2.07 bits per heavy atom. The molecule has 6 heteroatoms. The van der Waals surface area contributed by atoms with Crippen LogP contribution in [-0.2, 0) is 11.3 Å². The zero-order valence-corrected chi connectivity index (χ0v) is 15.3. The molecule has 1 atom stereocenters. The Morgan fingerprint density at radius 1 is 1.22 bits per heavy atom. The average Bonchev–Trinajstić information content (AvgIpc) is 3.38. The number of nitrogens with zero attached hydrogens (tertiary/aromatic N) is 2. The van der Waals surface area contributed by atoms with Crippen molar-refractivity contribution in [2.45, 2.75) is 32.4 Å². The quantitative estimate of drug-likeness (QED) is 0.653. The third-order valence-corrected chi connectivity index (χ3v) is 4.81. The van der Waals surface area contributed by atoms with Gasteiger partial charge in [0.2, 0.25) is 5.91 Å². The molecule has 0 spiro atoms.